The summed E-state index contributed by atoms with van der Waals surface area (Å²) in [4.78, 5) is 20.3. The maximum atomic E-state index is 12.1. The minimum Gasteiger partial charge on any atom is -0.350 e. The second-order valence-corrected chi connectivity index (χ2v) is 5.08. The van der Waals surface area contributed by atoms with Gasteiger partial charge in [0.15, 0.2) is 0 Å². The summed E-state index contributed by atoms with van der Waals surface area (Å²) >= 11 is 0. The molecule has 1 atom stereocenters. The smallest absolute Gasteiger partial charge is 0.251 e. The molecule has 3 N–H and O–H groups in total. The van der Waals surface area contributed by atoms with E-state index in [1.165, 1.54) is 12.8 Å². The van der Waals surface area contributed by atoms with Crippen LogP contribution in [0, 0.1) is 5.92 Å². The number of pyridine rings is 1. The zero-order valence-corrected chi connectivity index (χ0v) is 11.1. The topological polar surface area (TPSA) is 85.8 Å². The number of carbonyl (C=O) groups is 1. The third-order valence-electron chi connectivity index (χ3n) is 3.50. The molecule has 1 aliphatic rings. The average Bonchev–Trinajstić information content (AvgIpc) is 3.19. The number of hydrogen-bond acceptors (Lipinski definition) is 4. The lowest BCUT2D eigenvalue weighted by molar-refractivity contribution is 0.0950. The normalized spacial score (nSPS) is 15.8. The van der Waals surface area contributed by atoms with Crippen molar-refractivity contribution >= 4 is 5.91 Å². The molecule has 1 fully saturated rings. The third kappa shape index (κ3) is 2.85. The van der Waals surface area contributed by atoms with Gasteiger partial charge in [0.25, 0.3) is 5.91 Å². The van der Waals surface area contributed by atoms with E-state index in [-0.39, 0.29) is 11.9 Å². The van der Waals surface area contributed by atoms with Crippen LogP contribution in [0.4, 0.5) is 0 Å². The Kier molecular flexibility index (Phi) is 3.47. The van der Waals surface area contributed by atoms with Crippen LogP contribution in [-0.2, 0) is 0 Å². The molecule has 6 heteroatoms. The molecule has 0 saturated heterocycles. The van der Waals surface area contributed by atoms with Crippen molar-refractivity contribution in [2.75, 3.05) is 6.54 Å². The van der Waals surface area contributed by atoms with Crippen molar-refractivity contribution in [3.05, 3.63) is 42.6 Å². The van der Waals surface area contributed by atoms with Gasteiger partial charge in [-0.25, -0.2) is 9.97 Å². The van der Waals surface area contributed by atoms with Crippen LogP contribution in [0.3, 0.4) is 0 Å². The summed E-state index contributed by atoms with van der Waals surface area (Å²) in [6.45, 7) is 0.520. The van der Waals surface area contributed by atoms with Crippen LogP contribution in [0.25, 0.3) is 5.82 Å². The van der Waals surface area contributed by atoms with E-state index in [9.17, 15) is 4.79 Å². The molecular formula is C14H17N5O. The SMILES string of the molecule is NC(CNC(=O)c1ccnc(-n2ccnc2)c1)C1CC1. The highest BCUT2D eigenvalue weighted by atomic mass is 16.1. The van der Waals surface area contributed by atoms with E-state index in [0.29, 0.717) is 23.8 Å². The van der Waals surface area contributed by atoms with E-state index >= 15 is 0 Å². The number of rotatable bonds is 5. The number of hydrogen-bond donors (Lipinski definition) is 2. The molecule has 1 saturated carbocycles. The predicted molar refractivity (Wildman–Crippen MR) is 74.4 cm³/mol. The van der Waals surface area contributed by atoms with Crippen LogP contribution >= 0.6 is 0 Å². The maximum Gasteiger partial charge on any atom is 0.251 e. The Hall–Kier alpha value is -2.21. The number of aromatic nitrogens is 3. The second-order valence-electron chi connectivity index (χ2n) is 5.08. The summed E-state index contributed by atoms with van der Waals surface area (Å²) < 4.78 is 1.76. The Morgan fingerprint density at radius 2 is 2.35 bits per heavy atom. The van der Waals surface area contributed by atoms with Crippen molar-refractivity contribution in [3.63, 3.8) is 0 Å². The van der Waals surface area contributed by atoms with Gasteiger partial charge in [0.05, 0.1) is 0 Å². The van der Waals surface area contributed by atoms with E-state index in [2.05, 4.69) is 15.3 Å². The van der Waals surface area contributed by atoms with E-state index in [0.717, 1.165) is 0 Å². The van der Waals surface area contributed by atoms with E-state index in [4.69, 9.17) is 5.73 Å². The molecule has 3 rings (SSSR count). The molecule has 0 bridgehead atoms. The first-order chi connectivity index (χ1) is 9.74. The van der Waals surface area contributed by atoms with Crippen LogP contribution < -0.4 is 11.1 Å². The highest BCUT2D eigenvalue weighted by Crippen LogP contribution is 2.31. The van der Waals surface area contributed by atoms with Crippen molar-refractivity contribution in [1.29, 1.82) is 0 Å². The number of nitrogens with two attached hydrogens (primary N) is 1. The third-order valence-corrected chi connectivity index (χ3v) is 3.50. The second kappa shape index (κ2) is 5.42. The lowest BCUT2D eigenvalue weighted by Crippen LogP contribution is -2.38. The summed E-state index contributed by atoms with van der Waals surface area (Å²) in [7, 11) is 0. The molecule has 104 valence electrons. The number of imidazole rings is 1. The minimum absolute atomic E-state index is 0.0638. The van der Waals surface area contributed by atoms with Crippen LogP contribution in [-0.4, -0.2) is 33.0 Å². The first-order valence-electron chi connectivity index (χ1n) is 6.72. The van der Waals surface area contributed by atoms with Gasteiger partial charge >= 0.3 is 0 Å². The quantitative estimate of drug-likeness (QED) is 0.839. The number of amides is 1. The van der Waals surface area contributed by atoms with Gasteiger partial charge in [-0.2, -0.15) is 0 Å². The van der Waals surface area contributed by atoms with Crippen LogP contribution in [0.2, 0.25) is 0 Å². The van der Waals surface area contributed by atoms with Gasteiger partial charge in [0, 0.05) is 36.7 Å². The minimum atomic E-state index is -0.120. The van der Waals surface area contributed by atoms with Gasteiger partial charge in [-0.15, -0.1) is 0 Å². The summed E-state index contributed by atoms with van der Waals surface area (Å²) in [6.07, 6.45) is 9.07. The van der Waals surface area contributed by atoms with Gasteiger partial charge in [0.2, 0.25) is 0 Å². The van der Waals surface area contributed by atoms with Gasteiger partial charge in [-0.3, -0.25) is 9.36 Å². The fourth-order valence-corrected chi connectivity index (χ4v) is 2.10. The van der Waals surface area contributed by atoms with Gasteiger partial charge < -0.3 is 11.1 Å². The lowest BCUT2D eigenvalue weighted by atomic mass is 10.2. The average molecular weight is 271 g/mol. The van der Waals surface area contributed by atoms with Crippen molar-refractivity contribution in [2.45, 2.75) is 18.9 Å². The number of nitrogens with zero attached hydrogens (tertiary/aromatic N) is 3. The molecule has 20 heavy (non-hydrogen) atoms. The van der Waals surface area contributed by atoms with E-state index < -0.39 is 0 Å². The highest BCUT2D eigenvalue weighted by Gasteiger charge is 2.28. The molecule has 2 aromatic rings. The summed E-state index contributed by atoms with van der Waals surface area (Å²) in [6, 6.07) is 3.49. The Morgan fingerprint density at radius 3 is 3.05 bits per heavy atom. The van der Waals surface area contributed by atoms with E-state index in [1.54, 1.807) is 41.6 Å². The largest absolute Gasteiger partial charge is 0.350 e. The molecule has 1 aliphatic carbocycles. The molecule has 2 heterocycles. The number of carbonyl (C=O) groups excluding carboxylic acids is 1. The molecule has 2 aromatic heterocycles. The summed E-state index contributed by atoms with van der Waals surface area (Å²) in [5.74, 6) is 1.13. The molecule has 0 aliphatic heterocycles. The molecular weight excluding hydrogens is 254 g/mol. The Labute approximate surface area is 117 Å². The van der Waals surface area contributed by atoms with Crippen molar-refractivity contribution in [2.24, 2.45) is 11.7 Å². The fourth-order valence-electron chi connectivity index (χ4n) is 2.10. The fraction of sp³-hybridized carbons (Fsp3) is 0.357. The maximum absolute atomic E-state index is 12.1. The van der Waals surface area contributed by atoms with Crippen molar-refractivity contribution in [3.8, 4) is 5.82 Å². The monoisotopic (exact) mass is 271 g/mol. The molecule has 0 radical (unpaired) electrons. The Bertz CT molecular complexity index is 591. The van der Waals surface area contributed by atoms with Crippen molar-refractivity contribution < 1.29 is 4.79 Å². The highest BCUT2D eigenvalue weighted by molar-refractivity contribution is 5.94. The molecule has 0 spiro atoms. The molecule has 6 nitrogen and oxygen atoms in total. The molecule has 1 unspecified atom stereocenters. The van der Waals surface area contributed by atoms with Crippen molar-refractivity contribution in [1.82, 2.24) is 19.9 Å². The van der Waals surface area contributed by atoms with Gasteiger partial charge in [0.1, 0.15) is 12.1 Å². The predicted octanol–water partition coefficient (Wildman–Crippen LogP) is 0.734. The zero-order chi connectivity index (χ0) is 13.9. The van der Waals surface area contributed by atoms with Crippen LogP contribution in [0.5, 0.6) is 0 Å². The van der Waals surface area contributed by atoms with Gasteiger partial charge in [-0.05, 0) is 30.9 Å². The van der Waals surface area contributed by atoms with Crippen LogP contribution in [0.1, 0.15) is 23.2 Å². The molecule has 1 amide bonds. The lowest BCUT2D eigenvalue weighted by Gasteiger charge is -2.12. The summed E-state index contributed by atoms with van der Waals surface area (Å²) in [5.41, 5.74) is 6.55. The molecule has 0 aromatic carbocycles. The standard InChI is InChI=1S/C14H17N5O/c15-12(10-1-2-10)8-18-14(20)11-3-4-17-13(7-11)19-6-5-16-9-19/h3-7,9-10,12H,1-2,8,15H2,(H,18,20). The first kappa shape index (κ1) is 12.8. The van der Waals surface area contributed by atoms with E-state index in [1.807, 2.05) is 0 Å². The summed E-state index contributed by atoms with van der Waals surface area (Å²) in [5, 5.41) is 2.88. The number of nitrogens with one attached hydrogen (secondary N) is 1. The Balaban J connectivity index is 1.66. The zero-order valence-electron chi connectivity index (χ0n) is 11.1. The first-order valence-corrected chi connectivity index (χ1v) is 6.72. The van der Waals surface area contributed by atoms with Gasteiger partial charge in [-0.1, -0.05) is 0 Å². The van der Waals surface area contributed by atoms with Crippen LogP contribution in [0.15, 0.2) is 37.1 Å². The Morgan fingerprint density at radius 1 is 1.50 bits per heavy atom.